The van der Waals surface area contributed by atoms with E-state index in [0.29, 0.717) is 22.0 Å². The van der Waals surface area contributed by atoms with Crippen LogP contribution >= 0.6 is 11.6 Å². The Morgan fingerprint density at radius 3 is 2.65 bits per heavy atom. The molecule has 0 aliphatic rings. The summed E-state index contributed by atoms with van der Waals surface area (Å²) in [6.45, 7) is 9.75. The fourth-order valence-corrected chi connectivity index (χ4v) is 3.59. The SMILES string of the molecule is CCN(CC)CCCC(C)Nc1cnc(C(=O)Nc2cccc3cc(Cl)cnc23)cn1. The van der Waals surface area contributed by atoms with Gasteiger partial charge in [-0.2, -0.15) is 0 Å². The molecule has 0 spiro atoms. The molecule has 2 aromatic heterocycles. The summed E-state index contributed by atoms with van der Waals surface area (Å²) in [6, 6.07) is 7.62. The third-order valence-electron chi connectivity index (χ3n) is 5.21. The number of nitrogens with zero attached hydrogens (tertiary/aromatic N) is 4. The fraction of sp³-hybridized carbons (Fsp3) is 0.391. The summed E-state index contributed by atoms with van der Waals surface area (Å²) in [4.78, 5) is 28.0. The molecular formula is C23H29ClN6O. The second-order valence-corrected chi connectivity index (χ2v) is 7.92. The predicted molar refractivity (Wildman–Crippen MR) is 127 cm³/mol. The van der Waals surface area contributed by atoms with Gasteiger partial charge in [0.15, 0.2) is 0 Å². The molecule has 1 unspecified atom stereocenters. The van der Waals surface area contributed by atoms with Gasteiger partial charge in [0.05, 0.1) is 28.6 Å². The highest BCUT2D eigenvalue weighted by Gasteiger charge is 2.12. The molecule has 3 aromatic rings. The van der Waals surface area contributed by atoms with Crippen LogP contribution in [-0.2, 0) is 0 Å². The second-order valence-electron chi connectivity index (χ2n) is 7.49. The van der Waals surface area contributed by atoms with Gasteiger partial charge in [0.1, 0.15) is 11.5 Å². The number of para-hydroxylation sites is 1. The van der Waals surface area contributed by atoms with E-state index in [4.69, 9.17) is 11.6 Å². The number of anilines is 2. The maximum Gasteiger partial charge on any atom is 0.275 e. The van der Waals surface area contributed by atoms with Crippen molar-refractivity contribution in [3.63, 3.8) is 0 Å². The van der Waals surface area contributed by atoms with Gasteiger partial charge in [0.25, 0.3) is 5.91 Å². The van der Waals surface area contributed by atoms with E-state index in [1.807, 2.05) is 18.2 Å². The maximum absolute atomic E-state index is 12.6. The minimum Gasteiger partial charge on any atom is -0.366 e. The molecule has 1 atom stereocenters. The Bertz CT molecular complexity index is 1010. The number of aromatic nitrogens is 3. The molecule has 0 aliphatic carbocycles. The topological polar surface area (TPSA) is 83.0 Å². The van der Waals surface area contributed by atoms with Crippen molar-refractivity contribution in [3.05, 3.63) is 53.6 Å². The Balaban J connectivity index is 1.57. The van der Waals surface area contributed by atoms with Gasteiger partial charge in [-0.25, -0.2) is 9.97 Å². The van der Waals surface area contributed by atoms with Gasteiger partial charge < -0.3 is 15.5 Å². The monoisotopic (exact) mass is 440 g/mol. The molecule has 1 aromatic carbocycles. The van der Waals surface area contributed by atoms with Crippen LogP contribution in [0.1, 0.15) is 44.1 Å². The predicted octanol–water partition coefficient (Wildman–Crippen LogP) is 4.85. The highest BCUT2D eigenvalue weighted by atomic mass is 35.5. The van der Waals surface area contributed by atoms with E-state index in [-0.39, 0.29) is 17.6 Å². The van der Waals surface area contributed by atoms with Crippen molar-refractivity contribution < 1.29 is 4.79 Å². The molecule has 7 nitrogen and oxygen atoms in total. The molecule has 0 fully saturated rings. The lowest BCUT2D eigenvalue weighted by Crippen LogP contribution is -2.25. The maximum atomic E-state index is 12.6. The van der Waals surface area contributed by atoms with E-state index in [2.05, 4.69) is 51.3 Å². The average molecular weight is 441 g/mol. The molecule has 164 valence electrons. The summed E-state index contributed by atoms with van der Waals surface area (Å²) in [7, 11) is 0. The number of carbonyl (C=O) groups excluding carboxylic acids is 1. The lowest BCUT2D eigenvalue weighted by atomic mass is 10.1. The molecule has 0 saturated carbocycles. The second kappa shape index (κ2) is 11.0. The summed E-state index contributed by atoms with van der Waals surface area (Å²) in [5.74, 6) is 0.323. The van der Waals surface area contributed by atoms with Crippen molar-refractivity contribution in [2.75, 3.05) is 30.3 Å². The molecule has 2 N–H and O–H groups in total. The van der Waals surface area contributed by atoms with Crippen LogP contribution in [0.2, 0.25) is 5.02 Å². The molecule has 0 aliphatic heterocycles. The molecule has 0 bridgehead atoms. The summed E-state index contributed by atoms with van der Waals surface area (Å²) in [5.41, 5.74) is 1.51. The third kappa shape index (κ3) is 6.35. The number of halogens is 1. The molecule has 0 saturated heterocycles. The normalized spacial score (nSPS) is 12.2. The van der Waals surface area contributed by atoms with Crippen molar-refractivity contribution in [2.24, 2.45) is 0 Å². The first-order valence-corrected chi connectivity index (χ1v) is 11.0. The number of pyridine rings is 1. The highest BCUT2D eigenvalue weighted by Crippen LogP contribution is 2.24. The van der Waals surface area contributed by atoms with E-state index >= 15 is 0 Å². The first-order valence-electron chi connectivity index (χ1n) is 10.7. The Morgan fingerprint density at radius 2 is 1.94 bits per heavy atom. The van der Waals surface area contributed by atoms with Gasteiger partial charge in [-0.05, 0) is 51.5 Å². The standard InChI is InChI=1S/C23H29ClN6O/c1-4-30(5-2)11-7-8-16(3)28-21-15-25-20(14-26-21)23(31)29-19-10-6-9-17-12-18(24)13-27-22(17)19/h6,9-10,12-16H,4-5,7-8,11H2,1-3H3,(H,26,28)(H,29,31). The smallest absolute Gasteiger partial charge is 0.275 e. The summed E-state index contributed by atoms with van der Waals surface area (Å²) < 4.78 is 0. The van der Waals surface area contributed by atoms with Gasteiger partial charge in [0.2, 0.25) is 0 Å². The van der Waals surface area contributed by atoms with Gasteiger partial charge in [0, 0.05) is 17.6 Å². The minimum atomic E-state index is -0.337. The Hall–Kier alpha value is -2.77. The van der Waals surface area contributed by atoms with Crippen LogP contribution < -0.4 is 10.6 Å². The Labute approximate surface area is 188 Å². The van der Waals surface area contributed by atoms with E-state index in [9.17, 15) is 4.79 Å². The van der Waals surface area contributed by atoms with Crippen LogP contribution in [-0.4, -0.2) is 51.4 Å². The Kier molecular flexibility index (Phi) is 8.14. The van der Waals surface area contributed by atoms with Crippen molar-refractivity contribution in [1.29, 1.82) is 0 Å². The molecule has 0 radical (unpaired) electrons. The number of hydrogen-bond donors (Lipinski definition) is 2. The third-order valence-corrected chi connectivity index (χ3v) is 5.42. The number of benzene rings is 1. The number of amides is 1. The summed E-state index contributed by atoms with van der Waals surface area (Å²) in [5, 5.41) is 7.61. The van der Waals surface area contributed by atoms with Gasteiger partial charge in [-0.1, -0.05) is 37.6 Å². The van der Waals surface area contributed by atoms with E-state index < -0.39 is 0 Å². The Morgan fingerprint density at radius 1 is 1.13 bits per heavy atom. The number of rotatable bonds is 10. The molecule has 31 heavy (non-hydrogen) atoms. The van der Waals surface area contributed by atoms with Gasteiger partial charge in [-0.3, -0.25) is 9.78 Å². The number of fused-ring (bicyclic) bond motifs is 1. The lowest BCUT2D eigenvalue weighted by Gasteiger charge is -2.20. The first kappa shape index (κ1) is 22.9. The van der Waals surface area contributed by atoms with Crippen molar-refractivity contribution in [3.8, 4) is 0 Å². The average Bonchev–Trinajstić information content (AvgIpc) is 2.77. The first-order chi connectivity index (χ1) is 15.0. The van der Waals surface area contributed by atoms with Crippen LogP contribution in [0.3, 0.4) is 0 Å². The van der Waals surface area contributed by atoms with E-state index in [0.717, 1.165) is 37.9 Å². The quantitative estimate of drug-likeness (QED) is 0.468. The zero-order chi connectivity index (χ0) is 22.2. The number of hydrogen-bond acceptors (Lipinski definition) is 6. The fourth-order valence-electron chi connectivity index (χ4n) is 3.43. The van der Waals surface area contributed by atoms with Crippen LogP contribution in [0.15, 0.2) is 42.9 Å². The van der Waals surface area contributed by atoms with Crippen molar-refractivity contribution in [2.45, 2.75) is 39.7 Å². The number of nitrogens with one attached hydrogen (secondary N) is 2. The van der Waals surface area contributed by atoms with Crippen molar-refractivity contribution in [1.82, 2.24) is 19.9 Å². The van der Waals surface area contributed by atoms with Gasteiger partial charge in [-0.15, -0.1) is 0 Å². The zero-order valence-electron chi connectivity index (χ0n) is 18.2. The summed E-state index contributed by atoms with van der Waals surface area (Å²) >= 11 is 6.00. The summed E-state index contributed by atoms with van der Waals surface area (Å²) in [6.07, 6.45) is 6.79. The van der Waals surface area contributed by atoms with Crippen LogP contribution in [0, 0.1) is 0 Å². The molecule has 2 heterocycles. The zero-order valence-corrected chi connectivity index (χ0v) is 19.0. The highest BCUT2D eigenvalue weighted by molar-refractivity contribution is 6.31. The molecular weight excluding hydrogens is 412 g/mol. The largest absolute Gasteiger partial charge is 0.366 e. The van der Waals surface area contributed by atoms with Gasteiger partial charge >= 0.3 is 0 Å². The van der Waals surface area contributed by atoms with E-state index in [1.165, 1.54) is 6.20 Å². The lowest BCUT2D eigenvalue weighted by molar-refractivity contribution is 0.102. The van der Waals surface area contributed by atoms with Crippen LogP contribution in [0.4, 0.5) is 11.5 Å². The van der Waals surface area contributed by atoms with E-state index in [1.54, 1.807) is 18.5 Å². The molecule has 1 amide bonds. The minimum absolute atomic E-state index is 0.241. The number of carbonyl (C=O) groups is 1. The molecule has 8 heteroatoms. The molecule has 3 rings (SSSR count). The van der Waals surface area contributed by atoms with Crippen LogP contribution in [0.25, 0.3) is 10.9 Å². The van der Waals surface area contributed by atoms with Crippen LogP contribution in [0.5, 0.6) is 0 Å². The van der Waals surface area contributed by atoms with Crippen molar-refractivity contribution >= 4 is 39.9 Å².